The number of carbonyl (C=O) groups excluding carboxylic acids is 3. The van der Waals surface area contributed by atoms with Crippen molar-refractivity contribution in [1.29, 1.82) is 0 Å². The fraction of sp³-hybridized carbons (Fsp3) is 0.925. The monoisotopic (exact) mass is 1520 g/mol. The van der Waals surface area contributed by atoms with Crippen LogP contribution < -0.4 is 30.0 Å². The molecule has 0 aromatic heterocycles. The van der Waals surface area contributed by atoms with Crippen LogP contribution in [0.2, 0.25) is 0 Å². The molecule has 31 atom stereocenters. The number of aliphatic hydroxyl groups is 7. The van der Waals surface area contributed by atoms with Crippen LogP contribution in [0.15, 0.2) is 0 Å². The van der Waals surface area contributed by atoms with Crippen LogP contribution >= 0.6 is 12.3 Å². The minimum absolute atomic E-state index is 0.646. The number of aliphatic hydroxyl groups excluding tert-OH is 7. The molecule has 7 fully saturated rings. The van der Waals surface area contributed by atoms with Crippen molar-refractivity contribution in [3.05, 3.63) is 0 Å². The number of fused-ring (bicyclic) bond motifs is 1. The Bertz CT molecular complexity index is 3250. The second kappa shape index (κ2) is 32.2. The molecule has 0 aromatic carbocycles. The zero-order chi connectivity index (χ0) is 71.8. The number of ether oxygens (including phenoxy) is 13. The molecular formula is C40H55N2O48S6-9. The lowest BCUT2D eigenvalue weighted by Gasteiger charge is -2.53. The zero-order valence-corrected chi connectivity index (χ0v) is 52.7. The van der Waals surface area contributed by atoms with Crippen LogP contribution in [0.3, 0.4) is 0 Å². The van der Waals surface area contributed by atoms with Gasteiger partial charge in [0, 0.05) is 32.0 Å². The highest BCUT2D eigenvalue weighted by atomic mass is 32.3. The summed E-state index contributed by atoms with van der Waals surface area (Å²) < 4.78 is 273. The number of carbonyl (C=O) groups is 3. The van der Waals surface area contributed by atoms with Gasteiger partial charge >= 0.3 is 0 Å². The lowest BCUT2D eigenvalue weighted by Crippen LogP contribution is -2.71. The smallest absolute Gasteiger partial charge is 0.217 e. The van der Waals surface area contributed by atoms with Crippen LogP contribution in [0.1, 0.15) is 6.92 Å². The van der Waals surface area contributed by atoms with Crippen LogP contribution in [0.5, 0.6) is 0 Å². The van der Waals surface area contributed by atoms with Gasteiger partial charge in [-0.05, 0) is 0 Å². The third-order valence-corrected chi connectivity index (χ3v) is 18.2. The molecule has 50 nitrogen and oxygen atoms in total. The summed E-state index contributed by atoms with van der Waals surface area (Å²) >= 11 is -0.646. The molecule has 96 heavy (non-hydrogen) atoms. The number of carboxylic acids is 3. The first-order valence-electron chi connectivity index (χ1n) is 26.6. The minimum Gasteiger partial charge on any atom is -0.735 e. The van der Waals surface area contributed by atoms with Gasteiger partial charge in [-0.3, -0.25) is 21.8 Å². The SMILES string of the molecule is COC1OC(COS(=O)(=O)[O-])C(OC2OC3C(C(=O)[O-])C(OC4OC(COS(=O)(=O)[O-])C(OC5OC(C(=O)[O-])C(OC6OC(COS(=O)(=O)[O-])C(OC7OC(C(=O)[O-])C(OC)C(O)C7O)C(O)C6C)C(O)C5O)C(OSOO[O-])C4NS(=O)(=O)[O-])C3C2O)C(O)C1NS(=O)(=O)[O-]. The number of rotatable bonds is 32. The van der Waals surface area contributed by atoms with Gasteiger partial charge in [0.2, 0.25) is 31.2 Å². The predicted molar refractivity (Wildman–Crippen MR) is 262 cm³/mol. The number of aliphatic carboxylic acids is 3. The van der Waals surface area contributed by atoms with Gasteiger partial charge in [0.15, 0.2) is 70.7 Å². The zero-order valence-electron chi connectivity index (χ0n) is 47.8. The summed E-state index contributed by atoms with van der Waals surface area (Å²) in [7, 11) is -27.2. The van der Waals surface area contributed by atoms with Crippen LogP contribution in [-0.2, 0) is 154 Å². The lowest BCUT2D eigenvalue weighted by atomic mass is 9.67. The summed E-state index contributed by atoms with van der Waals surface area (Å²) in [6.07, 6.45) is -62.0. The summed E-state index contributed by atoms with van der Waals surface area (Å²) in [6.45, 7) is -3.66. The molecule has 1 saturated carbocycles. The molecule has 56 heteroatoms. The van der Waals surface area contributed by atoms with E-state index in [0.29, 0.717) is 0 Å². The Morgan fingerprint density at radius 2 is 0.865 bits per heavy atom. The average molecular weight is 1520 g/mol. The van der Waals surface area contributed by atoms with Gasteiger partial charge in [0.25, 0.3) is 0 Å². The summed E-state index contributed by atoms with van der Waals surface area (Å²) in [5.41, 5.74) is 0. The number of carboxylic acid groups (broad SMARTS) is 3. The third-order valence-electron chi connectivity index (χ3n) is 15.4. The van der Waals surface area contributed by atoms with Crippen molar-refractivity contribution in [3.8, 4) is 0 Å². The van der Waals surface area contributed by atoms with E-state index < -0.39 is 292 Å². The first kappa shape index (κ1) is 80.5. The van der Waals surface area contributed by atoms with Gasteiger partial charge in [0.1, 0.15) is 116 Å². The van der Waals surface area contributed by atoms with E-state index in [1.54, 1.807) is 0 Å². The Labute approximate surface area is 543 Å². The summed E-state index contributed by atoms with van der Waals surface area (Å²) in [4.78, 5) is 37.6. The molecule has 7 rings (SSSR count). The lowest BCUT2D eigenvalue weighted by molar-refractivity contribution is -0.777. The number of methoxy groups -OCH3 is 2. The van der Waals surface area contributed by atoms with E-state index in [-0.39, 0.29) is 0 Å². The van der Waals surface area contributed by atoms with Crippen molar-refractivity contribution in [2.75, 3.05) is 34.0 Å². The molecule has 31 unspecified atom stereocenters. The number of hydrogen-bond donors (Lipinski definition) is 9. The summed E-state index contributed by atoms with van der Waals surface area (Å²) in [5, 5.41) is 131. The molecule has 6 aliphatic heterocycles. The average Bonchev–Trinajstić information content (AvgIpc) is 1.52. The van der Waals surface area contributed by atoms with Crippen molar-refractivity contribution >= 4 is 82.0 Å². The number of hydrogen-bond acceptors (Lipinski definition) is 49. The molecule has 1 aliphatic carbocycles. The molecular weight excluding hydrogens is 1470 g/mol. The standard InChI is InChI=1S/C40H64N2O48S6/c1-7-15(43)22(80-39-20(48)18(46)28(72-2)30(86-39)33(52)53)8(4-74-94(63,64)65)77-35(7)85-29-19(47)21(49)40(87-31(29)34(54)55)82-24-10(6-76-96(69,70)71)79-37(14(42-93(60,61)62)27(24)88-91-90-89-56)83-25-11-16(44)38(84-26(11)12(25)32(50)51)81-23-9(5-75-95(66,67)68)78-36(73-3)13(17(23)45)41-92(57,58)59/h7-31,35-49,56H,4-6H2,1-3H3,(H,50,51)(H,52,53)(H,54,55)(H,57,58,59)(H,60,61,62)(H,63,64,65)(H,66,67,68)(H,69,70,71)/p-9. The normalized spacial score (nSPS) is 42.6. The maximum absolute atomic E-state index is 12.9. The third kappa shape index (κ3) is 19.7. The highest BCUT2D eigenvalue weighted by molar-refractivity contribution is 7.89. The second-order valence-electron chi connectivity index (χ2n) is 21.3. The van der Waals surface area contributed by atoms with E-state index in [9.17, 15) is 136 Å². The van der Waals surface area contributed by atoms with E-state index >= 15 is 0 Å². The van der Waals surface area contributed by atoms with Crippen molar-refractivity contribution < 1.29 is 223 Å². The van der Waals surface area contributed by atoms with E-state index in [2.05, 4.69) is 21.9 Å². The van der Waals surface area contributed by atoms with E-state index in [1.165, 1.54) is 9.44 Å². The quantitative estimate of drug-likeness (QED) is 0.00754. The van der Waals surface area contributed by atoms with Gasteiger partial charge < -0.3 is 155 Å². The highest BCUT2D eigenvalue weighted by Gasteiger charge is 2.66. The molecule has 0 amide bonds. The Hall–Kier alpha value is -2.85. The van der Waals surface area contributed by atoms with Crippen LogP contribution in [0.25, 0.3) is 0 Å². The Morgan fingerprint density at radius 1 is 0.448 bits per heavy atom. The molecule has 9 N–H and O–H groups in total. The maximum Gasteiger partial charge on any atom is 0.217 e. The molecule has 0 spiro atoms. The van der Waals surface area contributed by atoms with E-state index in [4.69, 9.17) is 65.8 Å². The van der Waals surface area contributed by atoms with Crippen LogP contribution in [0, 0.1) is 17.8 Å². The van der Waals surface area contributed by atoms with Crippen molar-refractivity contribution in [1.82, 2.24) is 9.44 Å². The predicted octanol–water partition coefficient (Wildman–Crippen LogP) is -18.0. The van der Waals surface area contributed by atoms with Crippen molar-refractivity contribution in [2.45, 2.75) is 179 Å². The van der Waals surface area contributed by atoms with E-state index in [0.717, 1.165) is 21.1 Å². The van der Waals surface area contributed by atoms with Gasteiger partial charge in [-0.2, -0.15) is 0 Å². The molecule has 6 saturated heterocycles. The van der Waals surface area contributed by atoms with Crippen molar-refractivity contribution in [2.24, 2.45) is 17.8 Å². The Morgan fingerprint density at radius 3 is 1.32 bits per heavy atom. The molecule has 0 radical (unpaired) electrons. The minimum atomic E-state index is -6.08. The summed E-state index contributed by atoms with van der Waals surface area (Å²) in [5.74, 6) is -12.6. The Balaban J connectivity index is 1.17. The molecule has 0 bridgehead atoms. The fourth-order valence-corrected chi connectivity index (χ4v) is 13.6. The molecule has 6 heterocycles. The highest BCUT2D eigenvalue weighted by Crippen LogP contribution is 2.50. The molecule has 0 aromatic rings. The fourth-order valence-electron chi connectivity index (χ4n) is 11.2. The first-order valence-corrected chi connectivity index (χ1v) is 34.1. The van der Waals surface area contributed by atoms with Gasteiger partial charge in [-0.15, -0.1) is 4.33 Å². The maximum atomic E-state index is 12.9. The van der Waals surface area contributed by atoms with E-state index in [1.807, 2.05) is 0 Å². The topological polar surface area (TPSA) is 770 Å². The molecule has 7 aliphatic rings. The van der Waals surface area contributed by atoms with Crippen LogP contribution in [0.4, 0.5) is 0 Å². The molecule has 558 valence electrons. The van der Waals surface area contributed by atoms with Crippen LogP contribution in [-0.4, -0.2) is 324 Å². The Kier molecular flexibility index (Phi) is 27.0. The second-order valence-corrected chi connectivity index (χ2v) is 27.2. The van der Waals surface area contributed by atoms with Gasteiger partial charge in [-0.25, -0.2) is 51.5 Å². The van der Waals surface area contributed by atoms with Gasteiger partial charge in [0.05, 0.1) is 56.0 Å². The van der Waals surface area contributed by atoms with Gasteiger partial charge in [-0.1, -0.05) is 6.92 Å². The number of nitrogens with one attached hydrogen (secondary N) is 2. The largest absolute Gasteiger partial charge is 0.735 e. The van der Waals surface area contributed by atoms with Crippen molar-refractivity contribution in [3.63, 3.8) is 0 Å². The summed E-state index contributed by atoms with van der Waals surface area (Å²) in [6, 6.07) is -4.93. The first-order chi connectivity index (χ1) is 44.4.